The predicted octanol–water partition coefficient (Wildman–Crippen LogP) is 2.33. The van der Waals surface area contributed by atoms with Crippen molar-refractivity contribution >= 4 is 23.2 Å². The molecule has 2 heterocycles. The normalized spacial score (nSPS) is 15.4. The zero-order chi connectivity index (χ0) is 14.8. The van der Waals surface area contributed by atoms with Crippen molar-refractivity contribution in [3.63, 3.8) is 0 Å². The highest BCUT2D eigenvalue weighted by Gasteiger charge is 2.27. The van der Waals surface area contributed by atoms with Gasteiger partial charge < -0.3 is 9.80 Å². The fraction of sp³-hybridized carbons (Fsp3) is 0.250. The van der Waals surface area contributed by atoms with Gasteiger partial charge in [-0.1, -0.05) is 24.3 Å². The fourth-order valence-corrected chi connectivity index (χ4v) is 3.18. The largest absolute Gasteiger partial charge is 0.342 e. The topological polar surface area (TPSA) is 40.6 Å². The number of benzene rings is 1. The fourth-order valence-electron chi connectivity index (χ4n) is 2.42. The number of hydrogen-bond acceptors (Lipinski definition) is 3. The maximum absolute atomic E-state index is 12.7. The Morgan fingerprint density at radius 2 is 1.95 bits per heavy atom. The first-order chi connectivity index (χ1) is 10.2. The minimum atomic E-state index is -0.0690. The number of rotatable bonds is 2. The van der Waals surface area contributed by atoms with Gasteiger partial charge >= 0.3 is 0 Å². The number of nitrogens with zero attached hydrogens (tertiary/aromatic N) is 2. The molecular formula is C16H16N2O2S. The third kappa shape index (κ3) is 2.69. The lowest BCUT2D eigenvalue weighted by molar-refractivity contribution is -0.133. The maximum atomic E-state index is 12.7. The van der Waals surface area contributed by atoms with Gasteiger partial charge in [-0.3, -0.25) is 9.59 Å². The summed E-state index contributed by atoms with van der Waals surface area (Å²) in [6.07, 6.45) is 0. The Balaban J connectivity index is 1.91. The highest BCUT2D eigenvalue weighted by atomic mass is 32.1. The van der Waals surface area contributed by atoms with E-state index in [-0.39, 0.29) is 18.4 Å². The van der Waals surface area contributed by atoms with Crippen molar-refractivity contribution in [3.05, 3.63) is 47.3 Å². The summed E-state index contributed by atoms with van der Waals surface area (Å²) in [6, 6.07) is 11.6. The van der Waals surface area contributed by atoms with Gasteiger partial charge in [0.05, 0.1) is 0 Å². The van der Waals surface area contributed by atoms with E-state index < -0.39 is 0 Å². The summed E-state index contributed by atoms with van der Waals surface area (Å²) in [5.41, 5.74) is 1.60. The average molecular weight is 300 g/mol. The molecular weight excluding hydrogens is 284 g/mol. The second-order valence-electron chi connectivity index (χ2n) is 5.06. The van der Waals surface area contributed by atoms with E-state index in [4.69, 9.17) is 0 Å². The van der Waals surface area contributed by atoms with E-state index >= 15 is 0 Å². The lowest BCUT2D eigenvalue weighted by atomic mass is 10.0. The van der Waals surface area contributed by atoms with Crippen LogP contribution in [0.5, 0.6) is 0 Å². The van der Waals surface area contributed by atoms with Crippen LogP contribution in [0.1, 0.15) is 10.4 Å². The number of thiophene rings is 1. The molecule has 0 unspecified atom stereocenters. The summed E-state index contributed by atoms with van der Waals surface area (Å²) in [6.45, 7) is 1.33. The molecule has 1 aromatic carbocycles. The van der Waals surface area contributed by atoms with Gasteiger partial charge in [0.15, 0.2) is 0 Å². The van der Waals surface area contributed by atoms with E-state index in [2.05, 4.69) is 0 Å². The third-order valence-corrected chi connectivity index (χ3v) is 4.59. The summed E-state index contributed by atoms with van der Waals surface area (Å²) in [5.74, 6) is -0.0799. The van der Waals surface area contributed by atoms with Gasteiger partial charge in [0.1, 0.15) is 6.54 Å². The summed E-state index contributed by atoms with van der Waals surface area (Å²) in [4.78, 5) is 28.9. The van der Waals surface area contributed by atoms with Gasteiger partial charge in [-0.25, -0.2) is 0 Å². The smallest absolute Gasteiger partial charge is 0.255 e. The Morgan fingerprint density at radius 3 is 2.67 bits per heavy atom. The van der Waals surface area contributed by atoms with Crippen LogP contribution >= 0.6 is 11.3 Å². The van der Waals surface area contributed by atoms with Crippen LogP contribution in [0.15, 0.2) is 41.8 Å². The molecule has 1 aromatic heterocycles. The molecule has 1 aliphatic rings. The van der Waals surface area contributed by atoms with Crippen molar-refractivity contribution in [2.75, 3.05) is 26.7 Å². The van der Waals surface area contributed by atoms with Gasteiger partial charge in [0.25, 0.3) is 5.91 Å². The van der Waals surface area contributed by atoms with Crippen LogP contribution in [0, 0.1) is 0 Å². The van der Waals surface area contributed by atoms with Gasteiger partial charge in [-0.15, -0.1) is 11.3 Å². The second kappa shape index (κ2) is 5.69. The molecule has 0 spiro atoms. The zero-order valence-electron chi connectivity index (χ0n) is 11.8. The molecule has 21 heavy (non-hydrogen) atoms. The molecule has 108 valence electrons. The molecule has 2 aromatic rings. The molecule has 0 atom stereocenters. The molecule has 1 saturated heterocycles. The van der Waals surface area contributed by atoms with Crippen LogP contribution in [0.25, 0.3) is 10.4 Å². The van der Waals surface area contributed by atoms with E-state index in [0.29, 0.717) is 18.7 Å². The van der Waals surface area contributed by atoms with Crippen LogP contribution in [-0.4, -0.2) is 48.3 Å². The van der Waals surface area contributed by atoms with Crippen molar-refractivity contribution in [2.45, 2.75) is 0 Å². The Labute approximate surface area is 127 Å². The third-order valence-electron chi connectivity index (χ3n) is 3.69. The highest BCUT2D eigenvalue weighted by molar-refractivity contribution is 7.13. The van der Waals surface area contributed by atoms with Crippen LogP contribution in [-0.2, 0) is 4.79 Å². The van der Waals surface area contributed by atoms with Crippen LogP contribution in [0.2, 0.25) is 0 Å². The predicted molar refractivity (Wildman–Crippen MR) is 83.3 cm³/mol. The van der Waals surface area contributed by atoms with Crippen LogP contribution in [0.3, 0.4) is 0 Å². The molecule has 3 rings (SSSR count). The standard InChI is InChI=1S/C16H16N2O2S/c1-17-8-9-18(11-15(17)19)16(20)13-6-3-2-5-12(13)14-7-4-10-21-14/h2-7,10H,8-9,11H2,1H3. The molecule has 0 saturated carbocycles. The Kier molecular flexibility index (Phi) is 3.75. The van der Waals surface area contributed by atoms with Gasteiger partial charge in [-0.2, -0.15) is 0 Å². The van der Waals surface area contributed by atoms with E-state index in [1.807, 2.05) is 41.8 Å². The molecule has 2 amide bonds. The van der Waals surface area contributed by atoms with E-state index in [1.54, 1.807) is 28.2 Å². The minimum absolute atomic E-state index is 0.0109. The summed E-state index contributed by atoms with van der Waals surface area (Å²) >= 11 is 1.61. The van der Waals surface area contributed by atoms with Gasteiger partial charge in [0.2, 0.25) is 5.91 Å². The lowest BCUT2D eigenvalue weighted by Gasteiger charge is -2.32. The molecule has 5 heteroatoms. The van der Waals surface area contributed by atoms with E-state index in [1.165, 1.54) is 0 Å². The zero-order valence-corrected chi connectivity index (χ0v) is 12.6. The molecule has 4 nitrogen and oxygen atoms in total. The highest BCUT2D eigenvalue weighted by Crippen LogP contribution is 2.28. The number of amides is 2. The molecule has 1 aliphatic heterocycles. The van der Waals surface area contributed by atoms with Crippen molar-refractivity contribution in [1.29, 1.82) is 0 Å². The van der Waals surface area contributed by atoms with Crippen molar-refractivity contribution in [1.82, 2.24) is 9.80 Å². The van der Waals surface area contributed by atoms with Crippen molar-refractivity contribution < 1.29 is 9.59 Å². The Bertz CT molecular complexity index is 667. The first-order valence-electron chi connectivity index (χ1n) is 6.83. The second-order valence-corrected chi connectivity index (χ2v) is 6.01. The monoisotopic (exact) mass is 300 g/mol. The maximum Gasteiger partial charge on any atom is 0.255 e. The van der Waals surface area contributed by atoms with Crippen LogP contribution in [0.4, 0.5) is 0 Å². The number of carbonyl (C=O) groups is 2. The van der Waals surface area contributed by atoms with Gasteiger partial charge in [0, 0.05) is 36.1 Å². The molecule has 0 N–H and O–H groups in total. The first-order valence-corrected chi connectivity index (χ1v) is 7.71. The van der Waals surface area contributed by atoms with Gasteiger partial charge in [-0.05, 0) is 17.5 Å². The quantitative estimate of drug-likeness (QED) is 0.854. The minimum Gasteiger partial charge on any atom is -0.342 e. The van der Waals surface area contributed by atoms with Crippen molar-refractivity contribution in [3.8, 4) is 10.4 Å². The molecule has 0 radical (unpaired) electrons. The number of likely N-dealkylation sites (N-methyl/N-ethyl adjacent to an activating group) is 1. The summed E-state index contributed by atoms with van der Waals surface area (Å²) in [7, 11) is 1.77. The number of hydrogen-bond donors (Lipinski definition) is 0. The molecule has 1 fully saturated rings. The Hall–Kier alpha value is -2.14. The molecule has 0 bridgehead atoms. The number of carbonyl (C=O) groups excluding carboxylic acids is 2. The van der Waals surface area contributed by atoms with E-state index in [0.717, 1.165) is 10.4 Å². The van der Waals surface area contributed by atoms with Crippen LogP contribution < -0.4 is 0 Å². The lowest BCUT2D eigenvalue weighted by Crippen LogP contribution is -2.50. The SMILES string of the molecule is CN1CCN(C(=O)c2ccccc2-c2cccs2)CC1=O. The average Bonchev–Trinajstić information content (AvgIpc) is 3.03. The number of piperazine rings is 1. The summed E-state index contributed by atoms with van der Waals surface area (Å²) < 4.78 is 0. The van der Waals surface area contributed by atoms with E-state index in [9.17, 15) is 9.59 Å². The first kappa shape index (κ1) is 13.8. The molecule has 0 aliphatic carbocycles. The summed E-state index contributed by atoms with van der Waals surface area (Å²) in [5, 5.41) is 2.00. The van der Waals surface area contributed by atoms with Crippen molar-refractivity contribution in [2.24, 2.45) is 0 Å². The Morgan fingerprint density at radius 1 is 1.14 bits per heavy atom.